The van der Waals surface area contributed by atoms with Crippen molar-refractivity contribution in [3.63, 3.8) is 0 Å². The van der Waals surface area contributed by atoms with Gasteiger partial charge in [0.1, 0.15) is 13.1 Å². The zero-order valence-corrected chi connectivity index (χ0v) is 13.6. The van der Waals surface area contributed by atoms with Crippen LogP contribution in [0.4, 0.5) is 0 Å². The molecule has 0 spiro atoms. The Balaban J connectivity index is 4.36. The van der Waals surface area contributed by atoms with E-state index >= 15 is 0 Å². The normalized spacial score (nSPS) is 11.0. The zero-order chi connectivity index (χ0) is 19.7. The summed E-state index contributed by atoms with van der Waals surface area (Å²) in [5, 5.41) is 23.6. The lowest BCUT2D eigenvalue weighted by Gasteiger charge is -2.16. The van der Waals surface area contributed by atoms with Crippen LogP contribution in [0.25, 0.3) is 0 Å². The van der Waals surface area contributed by atoms with Gasteiger partial charge in [0.2, 0.25) is 0 Å². The fraction of sp³-hybridized carbons (Fsp3) is 0.500. The van der Waals surface area contributed by atoms with Crippen molar-refractivity contribution in [2.24, 2.45) is 11.5 Å². The van der Waals surface area contributed by atoms with Gasteiger partial charge >= 0.3 is 23.9 Å². The second kappa shape index (κ2) is 9.82. The first-order valence-corrected chi connectivity index (χ1v) is 6.70. The zero-order valence-electron chi connectivity index (χ0n) is 13.6. The third-order valence-corrected chi connectivity index (χ3v) is 2.63. The molecule has 0 radical (unpaired) electrons. The molecule has 140 valence electrons. The molecule has 0 aliphatic rings. The maximum atomic E-state index is 11.5. The number of aliphatic hydroxyl groups is 1. The van der Waals surface area contributed by atoms with Gasteiger partial charge in [0, 0.05) is 14.1 Å². The van der Waals surface area contributed by atoms with Crippen LogP contribution in [-0.2, 0) is 28.7 Å². The Morgan fingerprint density at radius 2 is 1.32 bits per heavy atom. The van der Waals surface area contributed by atoms with E-state index in [0.29, 0.717) is 0 Å². The highest BCUT2D eigenvalue weighted by Crippen LogP contribution is 2.00. The second-order valence-corrected chi connectivity index (χ2v) is 4.84. The quantitative estimate of drug-likeness (QED) is 0.130. The van der Waals surface area contributed by atoms with Crippen molar-refractivity contribution in [2.45, 2.75) is 12.5 Å². The number of hydrogen-bond donors (Lipinski definition) is 5. The topological polar surface area (TPSA) is 213 Å². The molecule has 0 saturated carbocycles. The van der Waals surface area contributed by atoms with Crippen molar-refractivity contribution in [1.82, 2.24) is 9.80 Å². The summed E-state index contributed by atoms with van der Waals surface area (Å²) in [4.78, 5) is 47.6. The van der Waals surface area contributed by atoms with Crippen LogP contribution in [0.3, 0.4) is 0 Å². The summed E-state index contributed by atoms with van der Waals surface area (Å²) in [5.74, 6) is -5.69. The van der Waals surface area contributed by atoms with E-state index < -0.39 is 61.4 Å². The summed E-state index contributed by atoms with van der Waals surface area (Å²) < 4.78 is 8.58. The Kier molecular flexibility index (Phi) is 8.55. The van der Waals surface area contributed by atoms with E-state index in [0.717, 1.165) is 9.80 Å². The van der Waals surface area contributed by atoms with Gasteiger partial charge in [-0.2, -0.15) is 0 Å². The van der Waals surface area contributed by atoms with E-state index in [4.69, 9.17) is 22.3 Å². The first-order valence-electron chi connectivity index (χ1n) is 6.70. The van der Waals surface area contributed by atoms with Crippen LogP contribution in [0.2, 0.25) is 0 Å². The number of likely N-dealkylation sites (N-methyl/N-ethyl adjacent to an activating group) is 2. The SMILES string of the molecule is CN(CC(=O)OC(=O)CC(O)C(=O)OC(=O)CN(C)C(=N)N)C(=N)N. The number of esters is 4. The van der Waals surface area contributed by atoms with Gasteiger partial charge < -0.3 is 35.8 Å². The molecular formula is C12H20N6O7. The van der Waals surface area contributed by atoms with Crippen molar-refractivity contribution < 1.29 is 33.8 Å². The number of rotatable bonds is 7. The second-order valence-electron chi connectivity index (χ2n) is 4.84. The summed E-state index contributed by atoms with van der Waals surface area (Å²) in [6.45, 7) is -1.01. The Hall–Kier alpha value is -3.22. The van der Waals surface area contributed by atoms with Gasteiger partial charge in [-0.25, -0.2) is 14.4 Å². The lowest BCUT2D eigenvalue weighted by Crippen LogP contribution is -2.39. The molecule has 0 heterocycles. The predicted molar refractivity (Wildman–Crippen MR) is 81.9 cm³/mol. The fourth-order valence-electron chi connectivity index (χ4n) is 1.21. The number of hydrogen-bond acceptors (Lipinski definition) is 9. The minimum Gasteiger partial charge on any atom is -0.392 e. The molecule has 7 N–H and O–H groups in total. The molecule has 0 fully saturated rings. The molecule has 0 aliphatic carbocycles. The summed E-state index contributed by atoms with van der Waals surface area (Å²) in [6.07, 6.45) is -2.96. The fourth-order valence-corrected chi connectivity index (χ4v) is 1.21. The molecule has 0 rings (SSSR count). The van der Waals surface area contributed by atoms with Crippen LogP contribution >= 0.6 is 0 Å². The van der Waals surface area contributed by atoms with E-state index in [2.05, 4.69) is 9.47 Å². The first-order chi connectivity index (χ1) is 11.4. The van der Waals surface area contributed by atoms with Gasteiger partial charge in [-0.3, -0.25) is 15.6 Å². The van der Waals surface area contributed by atoms with E-state index in [1.54, 1.807) is 0 Å². The average Bonchev–Trinajstić information content (AvgIpc) is 2.45. The van der Waals surface area contributed by atoms with Gasteiger partial charge in [-0.15, -0.1) is 0 Å². The number of nitrogens with zero attached hydrogens (tertiary/aromatic N) is 2. The summed E-state index contributed by atoms with van der Waals surface area (Å²) in [7, 11) is 2.61. The molecule has 0 aromatic rings. The lowest BCUT2D eigenvalue weighted by atomic mass is 10.2. The van der Waals surface area contributed by atoms with Gasteiger partial charge in [0.25, 0.3) is 0 Å². The molecule has 1 unspecified atom stereocenters. The van der Waals surface area contributed by atoms with E-state index in [1.807, 2.05) is 0 Å². The van der Waals surface area contributed by atoms with Crippen LogP contribution in [-0.4, -0.2) is 84.0 Å². The van der Waals surface area contributed by atoms with Crippen molar-refractivity contribution in [3.05, 3.63) is 0 Å². The number of ether oxygens (including phenoxy) is 2. The Bertz CT molecular complexity index is 578. The number of carbonyl (C=O) groups is 4. The van der Waals surface area contributed by atoms with Crippen LogP contribution in [0.1, 0.15) is 6.42 Å². The number of nitrogens with two attached hydrogens (primary N) is 2. The smallest absolute Gasteiger partial charge is 0.343 e. The van der Waals surface area contributed by atoms with Crippen molar-refractivity contribution in [3.8, 4) is 0 Å². The van der Waals surface area contributed by atoms with Crippen molar-refractivity contribution in [1.29, 1.82) is 10.8 Å². The highest BCUT2D eigenvalue weighted by molar-refractivity contribution is 5.94. The van der Waals surface area contributed by atoms with Crippen LogP contribution in [0.5, 0.6) is 0 Å². The van der Waals surface area contributed by atoms with Crippen LogP contribution in [0, 0.1) is 10.8 Å². The minimum atomic E-state index is -2.03. The molecule has 13 heteroatoms. The standard InChI is InChI=1S/C12H20N6O7/c1-17(11(13)14)4-8(21)24-7(20)3-6(19)10(23)25-9(22)5-18(2)12(15)16/h6,19H,3-5H2,1-2H3,(H3,13,14)(H3,15,16). The molecular weight excluding hydrogens is 340 g/mol. The third-order valence-electron chi connectivity index (χ3n) is 2.63. The van der Waals surface area contributed by atoms with Gasteiger partial charge in [0.05, 0.1) is 6.42 Å². The minimum absolute atomic E-state index is 0.429. The molecule has 0 aromatic carbocycles. The van der Waals surface area contributed by atoms with Crippen LogP contribution < -0.4 is 11.5 Å². The first kappa shape index (κ1) is 21.8. The van der Waals surface area contributed by atoms with Crippen molar-refractivity contribution in [2.75, 3.05) is 27.2 Å². The molecule has 1 atom stereocenters. The largest absolute Gasteiger partial charge is 0.392 e. The number of carbonyl (C=O) groups excluding carboxylic acids is 4. The van der Waals surface area contributed by atoms with Crippen molar-refractivity contribution >= 4 is 35.8 Å². The van der Waals surface area contributed by atoms with Gasteiger partial charge in [-0.1, -0.05) is 0 Å². The van der Waals surface area contributed by atoms with Gasteiger partial charge in [0.15, 0.2) is 18.0 Å². The predicted octanol–water partition coefficient (Wildman–Crippen LogP) is -3.47. The average molecular weight is 360 g/mol. The highest BCUT2D eigenvalue weighted by Gasteiger charge is 2.26. The Morgan fingerprint density at radius 1 is 0.920 bits per heavy atom. The molecule has 13 nitrogen and oxygen atoms in total. The molecule has 0 bridgehead atoms. The van der Waals surface area contributed by atoms with E-state index in [1.165, 1.54) is 14.1 Å². The number of nitrogens with one attached hydrogen (secondary N) is 2. The summed E-state index contributed by atoms with van der Waals surface area (Å²) >= 11 is 0. The number of aliphatic hydroxyl groups excluding tert-OH is 1. The monoisotopic (exact) mass is 360 g/mol. The Morgan fingerprint density at radius 3 is 1.72 bits per heavy atom. The maximum Gasteiger partial charge on any atom is 0.343 e. The van der Waals surface area contributed by atoms with E-state index in [-0.39, 0.29) is 0 Å². The van der Waals surface area contributed by atoms with Crippen LogP contribution in [0.15, 0.2) is 0 Å². The molecule has 0 saturated heterocycles. The number of guanidine groups is 2. The summed E-state index contributed by atoms with van der Waals surface area (Å²) in [5.41, 5.74) is 10.2. The molecule has 0 aromatic heterocycles. The molecule has 25 heavy (non-hydrogen) atoms. The molecule has 0 aliphatic heterocycles. The van der Waals surface area contributed by atoms with Gasteiger partial charge in [-0.05, 0) is 0 Å². The lowest BCUT2D eigenvalue weighted by molar-refractivity contribution is -0.171. The third kappa shape index (κ3) is 8.85. The maximum absolute atomic E-state index is 11.5. The Labute approximate surface area is 142 Å². The highest BCUT2D eigenvalue weighted by atomic mass is 16.6. The van der Waals surface area contributed by atoms with E-state index in [9.17, 15) is 24.3 Å². The summed E-state index contributed by atoms with van der Waals surface area (Å²) in [6, 6.07) is 0. The molecule has 0 amide bonds.